The van der Waals surface area contributed by atoms with E-state index in [4.69, 9.17) is 15.6 Å². The van der Waals surface area contributed by atoms with Crippen LogP contribution in [0.15, 0.2) is 42.9 Å². The Morgan fingerprint density at radius 1 is 1.10 bits per heavy atom. The number of pyridine rings is 1. The van der Waals surface area contributed by atoms with Gasteiger partial charge in [0.05, 0.1) is 23.8 Å². The predicted molar refractivity (Wildman–Crippen MR) is 121 cm³/mol. The molecule has 5 rings (SSSR count). The molecule has 0 unspecified atom stereocenters. The Labute approximate surface area is 181 Å². The highest BCUT2D eigenvalue weighted by molar-refractivity contribution is 5.72. The van der Waals surface area contributed by atoms with Gasteiger partial charge in [-0.2, -0.15) is 10.2 Å². The summed E-state index contributed by atoms with van der Waals surface area (Å²) in [5.74, 6) is 0.958. The van der Waals surface area contributed by atoms with Gasteiger partial charge in [0.15, 0.2) is 11.6 Å². The summed E-state index contributed by atoms with van der Waals surface area (Å²) in [5, 5.41) is 9.22. The van der Waals surface area contributed by atoms with Crippen LogP contribution in [0.2, 0.25) is 0 Å². The second kappa shape index (κ2) is 7.27. The third-order valence-electron chi connectivity index (χ3n) is 5.97. The van der Waals surface area contributed by atoms with Crippen molar-refractivity contribution in [1.29, 1.82) is 0 Å². The van der Waals surface area contributed by atoms with Crippen LogP contribution in [0.25, 0.3) is 22.5 Å². The summed E-state index contributed by atoms with van der Waals surface area (Å²) < 4.78 is 10.3. The molecule has 1 aliphatic rings. The Kier molecular flexibility index (Phi) is 4.54. The fourth-order valence-corrected chi connectivity index (χ4v) is 4.46. The molecule has 1 aromatic carbocycles. The number of fused-ring (bicyclic) bond motifs is 7. The summed E-state index contributed by atoms with van der Waals surface area (Å²) in [4.78, 5) is 4.41. The van der Waals surface area contributed by atoms with Gasteiger partial charge in [-0.25, -0.2) is 4.98 Å². The van der Waals surface area contributed by atoms with Crippen molar-refractivity contribution < 1.29 is 4.74 Å². The summed E-state index contributed by atoms with van der Waals surface area (Å²) in [6.45, 7) is 7.05. The third kappa shape index (κ3) is 3.17. The first kappa shape index (κ1) is 19.4. The molecule has 2 N–H and O–H groups in total. The van der Waals surface area contributed by atoms with Crippen molar-refractivity contribution in [3.8, 4) is 28.3 Å². The normalized spacial score (nSPS) is 15.2. The van der Waals surface area contributed by atoms with Gasteiger partial charge in [-0.05, 0) is 26.8 Å². The highest BCUT2D eigenvalue weighted by Crippen LogP contribution is 2.38. The van der Waals surface area contributed by atoms with Crippen LogP contribution in [0.3, 0.4) is 0 Å². The average Bonchev–Trinajstić information content (AvgIpc) is 3.32. The van der Waals surface area contributed by atoms with E-state index < -0.39 is 0 Å². The van der Waals surface area contributed by atoms with Crippen LogP contribution in [0, 0.1) is 6.92 Å². The topological polar surface area (TPSA) is 83.8 Å². The van der Waals surface area contributed by atoms with E-state index in [1.807, 2.05) is 30.2 Å². The molecule has 0 fully saturated rings. The average molecular weight is 415 g/mol. The first-order chi connectivity index (χ1) is 15.0. The monoisotopic (exact) mass is 414 g/mol. The standard InChI is InChI=1S/C24H26N6O/c1-5-30-23-17(13-28-30)9-16-12-27-29(4)22(16)18-10-21(24(25)26-11-18)31-15(3)20-8-14(2)6-7-19(20)23/h6-8,10-13,15H,5,9H2,1-4H3,(H2,25,26)/t15-/m1/s1. The fourth-order valence-electron chi connectivity index (χ4n) is 4.46. The first-order valence-corrected chi connectivity index (χ1v) is 10.5. The molecule has 0 amide bonds. The van der Waals surface area contributed by atoms with E-state index in [0.717, 1.165) is 52.2 Å². The molecule has 3 aromatic heterocycles. The summed E-state index contributed by atoms with van der Waals surface area (Å²) in [5.41, 5.74) is 14.9. The Hall–Kier alpha value is -3.61. The van der Waals surface area contributed by atoms with E-state index in [1.165, 1.54) is 5.56 Å². The quantitative estimate of drug-likeness (QED) is 0.502. The molecule has 0 aliphatic carbocycles. The van der Waals surface area contributed by atoms with E-state index >= 15 is 0 Å². The number of anilines is 1. The van der Waals surface area contributed by atoms with Crippen molar-refractivity contribution in [3.05, 3.63) is 65.1 Å². The van der Waals surface area contributed by atoms with Gasteiger partial charge >= 0.3 is 0 Å². The zero-order chi connectivity index (χ0) is 21.7. The smallest absolute Gasteiger partial charge is 0.166 e. The molecular weight excluding hydrogens is 388 g/mol. The van der Waals surface area contributed by atoms with Crippen molar-refractivity contribution in [2.24, 2.45) is 7.05 Å². The van der Waals surface area contributed by atoms with Crippen LogP contribution in [-0.2, 0) is 20.0 Å². The lowest BCUT2D eigenvalue weighted by Crippen LogP contribution is -2.11. The van der Waals surface area contributed by atoms with Gasteiger partial charge < -0.3 is 10.5 Å². The number of hydrogen-bond donors (Lipinski definition) is 1. The van der Waals surface area contributed by atoms with Crippen LogP contribution >= 0.6 is 0 Å². The molecule has 4 aromatic rings. The Morgan fingerprint density at radius 2 is 1.87 bits per heavy atom. The van der Waals surface area contributed by atoms with E-state index in [2.05, 4.69) is 53.7 Å². The Morgan fingerprint density at radius 3 is 2.68 bits per heavy atom. The lowest BCUT2D eigenvalue weighted by atomic mass is 9.93. The van der Waals surface area contributed by atoms with Crippen molar-refractivity contribution in [2.75, 3.05) is 5.73 Å². The summed E-state index contributed by atoms with van der Waals surface area (Å²) in [7, 11) is 1.94. The van der Waals surface area contributed by atoms with Gasteiger partial charge in [-0.15, -0.1) is 0 Å². The molecule has 7 heteroatoms. The zero-order valence-electron chi connectivity index (χ0n) is 18.3. The molecule has 7 nitrogen and oxygen atoms in total. The van der Waals surface area contributed by atoms with Crippen LogP contribution in [0.5, 0.6) is 5.75 Å². The van der Waals surface area contributed by atoms with Crippen molar-refractivity contribution in [3.63, 3.8) is 0 Å². The minimum absolute atomic E-state index is 0.215. The summed E-state index contributed by atoms with van der Waals surface area (Å²) in [6, 6.07) is 8.46. The van der Waals surface area contributed by atoms with E-state index in [0.29, 0.717) is 11.6 Å². The Bertz CT molecular complexity index is 1290. The van der Waals surface area contributed by atoms with E-state index in [9.17, 15) is 0 Å². The molecule has 1 atom stereocenters. The van der Waals surface area contributed by atoms with E-state index in [1.54, 1.807) is 6.20 Å². The number of hydrogen-bond acceptors (Lipinski definition) is 5. The first-order valence-electron chi connectivity index (χ1n) is 10.5. The molecule has 31 heavy (non-hydrogen) atoms. The summed E-state index contributed by atoms with van der Waals surface area (Å²) >= 11 is 0. The number of nitrogens with two attached hydrogens (primary N) is 1. The summed E-state index contributed by atoms with van der Waals surface area (Å²) in [6.07, 6.45) is 6.19. The zero-order valence-corrected chi connectivity index (χ0v) is 18.3. The second-order valence-corrected chi connectivity index (χ2v) is 8.11. The fraction of sp³-hybridized carbons (Fsp3) is 0.292. The maximum Gasteiger partial charge on any atom is 0.166 e. The van der Waals surface area contributed by atoms with Crippen LogP contribution < -0.4 is 10.5 Å². The number of aryl methyl sites for hydroxylation is 3. The molecule has 0 spiro atoms. The lowest BCUT2D eigenvalue weighted by molar-refractivity contribution is 0.228. The number of nitrogens with zero attached hydrogens (tertiary/aromatic N) is 5. The molecular formula is C24H26N6O. The highest BCUT2D eigenvalue weighted by Gasteiger charge is 2.24. The lowest BCUT2D eigenvalue weighted by Gasteiger charge is -2.22. The van der Waals surface area contributed by atoms with Crippen LogP contribution in [0.1, 0.15) is 42.2 Å². The van der Waals surface area contributed by atoms with Crippen molar-refractivity contribution in [2.45, 2.75) is 39.8 Å². The molecule has 0 saturated heterocycles. The van der Waals surface area contributed by atoms with Gasteiger partial charge in [0.1, 0.15) is 6.10 Å². The van der Waals surface area contributed by atoms with Gasteiger partial charge in [-0.3, -0.25) is 9.36 Å². The minimum Gasteiger partial charge on any atom is -0.482 e. The van der Waals surface area contributed by atoms with Crippen LogP contribution in [0.4, 0.5) is 5.82 Å². The number of aromatic nitrogens is 5. The maximum absolute atomic E-state index is 6.39. The number of rotatable bonds is 1. The van der Waals surface area contributed by atoms with Crippen molar-refractivity contribution >= 4 is 5.82 Å². The number of benzene rings is 1. The minimum atomic E-state index is -0.215. The third-order valence-corrected chi connectivity index (χ3v) is 5.97. The number of nitrogen functional groups attached to an aromatic ring is 1. The molecule has 0 radical (unpaired) electrons. The van der Waals surface area contributed by atoms with Gasteiger partial charge in [0, 0.05) is 54.0 Å². The SMILES string of the molecule is CCn1ncc2c1-c1ccc(C)cc1[C@@H](C)Oc1cc(cnc1N)-c1c(cnn1C)C2. The van der Waals surface area contributed by atoms with E-state index in [-0.39, 0.29) is 6.10 Å². The number of ether oxygens (including phenoxy) is 1. The van der Waals surface area contributed by atoms with Gasteiger partial charge in [0.2, 0.25) is 0 Å². The highest BCUT2D eigenvalue weighted by atomic mass is 16.5. The predicted octanol–water partition coefficient (Wildman–Crippen LogP) is 4.30. The Balaban J connectivity index is 1.82. The largest absolute Gasteiger partial charge is 0.482 e. The maximum atomic E-state index is 6.39. The molecule has 4 heterocycles. The molecule has 0 saturated carbocycles. The molecule has 158 valence electrons. The van der Waals surface area contributed by atoms with Crippen molar-refractivity contribution in [1.82, 2.24) is 24.5 Å². The second-order valence-electron chi connectivity index (χ2n) is 8.11. The van der Waals surface area contributed by atoms with Gasteiger partial charge in [-0.1, -0.05) is 23.8 Å². The molecule has 2 bridgehead atoms. The van der Waals surface area contributed by atoms with Gasteiger partial charge in [0.25, 0.3) is 0 Å². The molecule has 1 aliphatic heterocycles. The van der Waals surface area contributed by atoms with Crippen LogP contribution in [-0.4, -0.2) is 24.5 Å².